The molecule has 0 aliphatic carbocycles. The van der Waals surface area contributed by atoms with Crippen molar-refractivity contribution in [2.24, 2.45) is 0 Å². The molecule has 0 saturated heterocycles. The molecule has 2 unspecified atom stereocenters. The molecule has 0 heterocycles. The van der Waals surface area contributed by atoms with E-state index in [1.165, 1.54) is 24.8 Å². The van der Waals surface area contributed by atoms with E-state index in [9.17, 15) is 14.4 Å². The maximum atomic E-state index is 12.4. The molecular weight excluding hydrogens is 376 g/mol. The van der Waals surface area contributed by atoms with Crippen LogP contribution in [0.4, 0.5) is 0 Å². The Labute approximate surface area is 162 Å². The Kier molecular flexibility index (Phi) is 9.83. The van der Waals surface area contributed by atoms with E-state index in [1.54, 1.807) is 24.3 Å². The van der Waals surface area contributed by atoms with Crippen molar-refractivity contribution in [1.29, 1.82) is 0 Å². The minimum absolute atomic E-state index is 0.271. The fourth-order valence-electron chi connectivity index (χ4n) is 1.99. The number of hydrogen-bond donors (Lipinski definition) is 2. The molecule has 0 saturated carbocycles. The molecule has 0 spiro atoms. The highest BCUT2D eigenvalue weighted by Crippen LogP contribution is 2.15. The van der Waals surface area contributed by atoms with Crippen LogP contribution in [0.2, 0.25) is 5.02 Å². The molecule has 1 aromatic carbocycles. The van der Waals surface area contributed by atoms with E-state index in [0.717, 1.165) is 0 Å². The van der Waals surface area contributed by atoms with Crippen LogP contribution in [-0.4, -0.2) is 48.5 Å². The fraction of sp³-hybridized carbons (Fsp3) is 0.389. The topological polar surface area (TPSA) is 84.5 Å². The lowest BCUT2D eigenvalue weighted by Gasteiger charge is -2.20. The van der Waals surface area contributed by atoms with Crippen molar-refractivity contribution in [2.45, 2.75) is 25.5 Å². The average Bonchev–Trinajstić information content (AvgIpc) is 2.62. The molecule has 8 heteroatoms. The lowest BCUT2D eigenvalue weighted by molar-refractivity contribution is -0.156. The molecule has 26 heavy (non-hydrogen) atoms. The van der Waals surface area contributed by atoms with E-state index in [1.807, 2.05) is 6.26 Å². The first-order chi connectivity index (χ1) is 12.4. The number of benzene rings is 1. The maximum Gasteiger partial charge on any atom is 0.329 e. The Morgan fingerprint density at radius 2 is 2.04 bits per heavy atom. The van der Waals surface area contributed by atoms with Crippen LogP contribution in [-0.2, 0) is 14.3 Å². The number of amides is 2. The molecule has 6 nitrogen and oxygen atoms in total. The summed E-state index contributed by atoms with van der Waals surface area (Å²) in [5.41, 5.74) is 0.271. The number of esters is 1. The summed E-state index contributed by atoms with van der Waals surface area (Å²) in [5.74, 6) is -0.929. The van der Waals surface area contributed by atoms with Crippen molar-refractivity contribution >= 4 is 41.1 Å². The van der Waals surface area contributed by atoms with Crippen LogP contribution in [0.1, 0.15) is 23.7 Å². The second-order valence-corrected chi connectivity index (χ2v) is 6.79. The number of thioether (sulfide) groups is 1. The SMILES string of the molecule is C=CCNC(=O)C(C)OC(=O)C(CCSC)NC(=O)c1ccccc1Cl. The van der Waals surface area contributed by atoms with Gasteiger partial charge in [0, 0.05) is 6.54 Å². The number of nitrogens with one attached hydrogen (secondary N) is 2. The summed E-state index contributed by atoms with van der Waals surface area (Å²) < 4.78 is 5.19. The minimum Gasteiger partial charge on any atom is -0.451 e. The van der Waals surface area contributed by atoms with Crippen molar-refractivity contribution in [3.8, 4) is 0 Å². The van der Waals surface area contributed by atoms with Gasteiger partial charge in [0.1, 0.15) is 6.04 Å². The number of halogens is 1. The first kappa shape index (κ1) is 22.1. The van der Waals surface area contributed by atoms with Gasteiger partial charge >= 0.3 is 5.97 Å². The Balaban J connectivity index is 2.77. The molecule has 0 aliphatic heterocycles. The van der Waals surface area contributed by atoms with Crippen LogP contribution in [0.3, 0.4) is 0 Å². The zero-order chi connectivity index (χ0) is 19.5. The molecule has 2 amide bonds. The molecule has 0 aliphatic rings. The number of rotatable bonds is 10. The van der Waals surface area contributed by atoms with E-state index < -0.39 is 29.9 Å². The van der Waals surface area contributed by atoms with Crippen LogP contribution in [0.5, 0.6) is 0 Å². The summed E-state index contributed by atoms with van der Waals surface area (Å²) >= 11 is 7.55. The molecule has 1 rings (SSSR count). The molecule has 0 fully saturated rings. The lowest BCUT2D eigenvalue weighted by atomic mass is 10.1. The van der Waals surface area contributed by atoms with Gasteiger partial charge in [-0.25, -0.2) is 4.79 Å². The van der Waals surface area contributed by atoms with Gasteiger partial charge in [-0.15, -0.1) is 6.58 Å². The Hall–Kier alpha value is -1.99. The Morgan fingerprint density at radius 3 is 2.65 bits per heavy atom. The van der Waals surface area contributed by atoms with Gasteiger partial charge in [0.15, 0.2) is 6.10 Å². The Bertz CT molecular complexity index is 654. The molecule has 142 valence electrons. The van der Waals surface area contributed by atoms with Gasteiger partial charge in [0.25, 0.3) is 11.8 Å². The first-order valence-electron chi connectivity index (χ1n) is 8.04. The molecule has 0 aromatic heterocycles. The van der Waals surface area contributed by atoms with Gasteiger partial charge in [0.2, 0.25) is 0 Å². The summed E-state index contributed by atoms with van der Waals surface area (Å²) in [6, 6.07) is 5.68. The van der Waals surface area contributed by atoms with Crippen LogP contribution in [0, 0.1) is 0 Å². The minimum atomic E-state index is -0.976. The monoisotopic (exact) mass is 398 g/mol. The highest BCUT2D eigenvalue weighted by molar-refractivity contribution is 7.98. The summed E-state index contributed by atoms with van der Waals surface area (Å²) in [6.45, 7) is 5.25. The largest absolute Gasteiger partial charge is 0.451 e. The highest BCUT2D eigenvalue weighted by Gasteiger charge is 2.26. The smallest absolute Gasteiger partial charge is 0.329 e. The molecule has 1 aromatic rings. The first-order valence-corrected chi connectivity index (χ1v) is 9.81. The van der Waals surface area contributed by atoms with Crippen LogP contribution >= 0.6 is 23.4 Å². The standard InChI is InChI=1S/C18H23ClN2O4S/c1-4-10-20-16(22)12(2)25-18(24)15(9-11-26-3)21-17(23)13-7-5-6-8-14(13)19/h4-8,12,15H,1,9-11H2,2-3H3,(H,20,22)(H,21,23). The highest BCUT2D eigenvalue weighted by atomic mass is 35.5. The van der Waals surface area contributed by atoms with Gasteiger partial charge in [-0.3, -0.25) is 9.59 Å². The average molecular weight is 399 g/mol. The predicted octanol–water partition coefficient (Wildman–Crippen LogP) is 2.43. The van der Waals surface area contributed by atoms with Gasteiger partial charge in [0.05, 0.1) is 10.6 Å². The summed E-state index contributed by atoms with van der Waals surface area (Å²) in [6.07, 6.45) is 2.81. The van der Waals surface area contributed by atoms with Crippen LogP contribution in [0.15, 0.2) is 36.9 Å². The molecule has 2 atom stereocenters. The molecule has 0 bridgehead atoms. The van der Waals surface area contributed by atoms with Gasteiger partial charge in [-0.2, -0.15) is 11.8 Å². The third-order valence-electron chi connectivity index (χ3n) is 3.40. The van der Waals surface area contributed by atoms with E-state index in [-0.39, 0.29) is 12.1 Å². The lowest BCUT2D eigenvalue weighted by Crippen LogP contribution is -2.45. The number of carbonyl (C=O) groups is 3. The Morgan fingerprint density at radius 1 is 1.35 bits per heavy atom. The summed E-state index contributed by atoms with van der Waals surface area (Å²) in [7, 11) is 0. The van der Waals surface area contributed by atoms with Crippen LogP contribution < -0.4 is 10.6 Å². The van der Waals surface area contributed by atoms with Crippen molar-refractivity contribution in [3.63, 3.8) is 0 Å². The van der Waals surface area contributed by atoms with E-state index >= 15 is 0 Å². The van der Waals surface area contributed by atoms with Gasteiger partial charge in [-0.05, 0) is 37.5 Å². The van der Waals surface area contributed by atoms with E-state index in [2.05, 4.69) is 17.2 Å². The number of ether oxygens (including phenoxy) is 1. The second kappa shape index (κ2) is 11.6. The zero-order valence-corrected chi connectivity index (χ0v) is 16.4. The third-order valence-corrected chi connectivity index (χ3v) is 4.38. The van der Waals surface area contributed by atoms with E-state index in [4.69, 9.17) is 16.3 Å². The van der Waals surface area contributed by atoms with Crippen molar-refractivity contribution in [2.75, 3.05) is 18.6 Å². The maximum absolute atomic E-state index is 12.4. The normalized spacial score (nSPS) is 12.6. The van der Waals surface area contributed by atoms with Crippen molar-refractivity contribution in [3.05, 3.63) is 47.5 Å². The summed E-state index contributed by atoms with van der Waals surface area (Å²) in [5, 5.41) is 5.48. The molecule has 2 N–H and O–H groups in total. The molecular formula is C18H23ClN2O4S. The zero-order valence-electron chi connectivity index (χ0n) is 14.8. The van der Waals surface area contributed by atoms with E-state index in [0.29, 0.717) is 17.2 Å². The van der Waals surface area contributed by atoms with Crippen LogP contribution in [0.25, 0.3) is 0 Å². The second-order valence-electron chi connectivity index (χ2n) is 5.40. The van der Waals surface area contributed by atoms with Gasteiger partial charge in [-0.1, -0.05) is 29.8 Å². The van der Waals surface area contributed by atoms with Crippen molar-refractivity contribution in [1.82, 2.24) is 10.6 Å². The molecule has 0 radical (unpaired) electrons. The summed E-state index contributed by atoms with van der Waals surface area (Å²) in [4.78, 5) is 36.6. The number of hydrogen-bond acceptors (Lipinski definition) is 5. The quantitative estimate of drug-likeness (QED) is 0.467. The fourth-order valence-corrected chi connectivity index (χ4v) is 2.69. The number of carbonyl (C=O) groups excluding carboxylic acids is 3. The predicted molar refractivity (Wildman–Crippen MR) is 104 cm³/mol. The van der Waals surface area contributed by atoms with Crippen molar-refractivity contribution < 1.29 is 19.1 Å². The van der Waals surface area contributed by atoms with Gasteiger partial charge < -0.3 is 15.4 Å². The third kappa shape index (κ3) is 7.09.